The first-order chi connectivity index (χ1) is 11.9. The number of hydrogen-bond donors (Lipinski definition) is 2. The van der Waals surface area contributed by atoms with Gasteiger partial charge in [-0.15, -0.1) is 0 Å². The zero-order valence-electron chi connectivity index (χ0n) is 14.2. The van der Waals surface area contributed by atoms with E-state index in [2.05, 4.69) is 10.3 Å². The van der Waals surface area contributed by atoms with Crippen molar-refractivity contribution in [2.75, 3.05) is 6.61 Å². The van der Waals surface area contributed by atoms with E-state index in [0.29, 0.717) is 30.2 Å². The van der Waals surface area contributed by atoms with Crippen LogP contribution < -0.4 is 20.5 Å². The number of amides is 2. The van der Waals surface area contributed by atoms with Gasteiger partial charge in [0, 0.05) is 18.0 Å². The van der Waals surface area contributed by atoms with Crippen LogP contribution in [-0.4, -0.2) is 35.6 Å². The molecular formula is C18H21N3O4. The number of aromatic nitrogens is 1. The number of nitrogens with zero attached hydrogens (tertiary/aromatic N) is 1. The van der Waals surface area contributed by atoms with Gasteiger partial charge < -0.3 is 20.5 Å². The molecule has 1 unspecified atom stereocenters. The van der Waals surface area contributed by atoms with Crippen LogP contribution in [0.3, 0.4) is 0 Å². The van der Waals surface area contributed by atoms with Crippen molar-refractivity contribution >= 4 is 22.6 Å². The molecule has 2 heterocycles. The first-order valence-corrected chi connectivity index (χ1v) is 8.25. The third-order valence-electron chi connectivity index (χ3n) is 3.96. The Balaban J connectivity index is 1.93. The normalized spacial score (nSPS) is 16.9. The lowest BCUT2D eigenvalue weighted by molar-refractivity contribution is -0.119. The molecule has 1 aliphatic rings. The molecular weight excluding hydrogens is 322 g/mol. The van der Waals surface area contributed by atoms with Crippen molar-refractivity contribution in [3.63, 3.8) is 0 Å². The molecule has 3 N–H and O–H groups in total. The Morgan fingerprint density at radius 3 is 2.88 bits per heavy atom. The number of ether oxygens (including phenoxy) is 2. The second-order valence-electron chi connectivity index (χ2n) is 6.33. The Kier molecular flexibility index (Phi) is 4.74. The lowest BCUT2D eigenvalue weighted by atomic mass is 10.1. The van der Waals surface area contributed by atoms with Gasteiger partial charge in [-0.25, -0.2) is 4.98 Å². The molecule has 3 rings (SSSR count). The molecule has 2 aromatic rings. The van der Waals surface area contributed by atoms with E-state index in [1.165, 1.54) is 0 Å². The van der Waals surface area contributed by atoms with Gasteiger partial charge in [0.1, 0.15) is 12.4 Å². The third-order valence-corrected chi connectivity index (χ3v) is 3.96. The fraction of sp³-hybridized carbons (Fsp3) is 0.389. The third kappa shape index (κ3) is 3.81. The minimum Gasteiger partial charge on any atom is -0.490 e. The Bertz CT molecular complexity index is 819. The summed E-state index contributed by atoms with van der Waals surface area (Å²) >= 11 is 0. The highest BCUT2D eigenvalue weighted by atomic mass is 16.5. The second kappa shape index (κ2) is 6.96. The van der Waals surface area contributed by atoms with Crippen LogP contribution in [0.15, 0.2) is 24.4 Å². The molecule has 7 heteroatoms. The van der Waals surface area contributed by atoms with E-state index in [1.807, 2.05) is 13.8 Å². The summed E-state index contributed by atoms with van der Waals surface area (Å²) in [5, 5.41) is 4.37. The van der Waals surface area contributed by atoms with Crippen LogP contribution >= 0.6 is 0 Å². The van der Waals surface area contributed by atoms with E-state index in [-0.39, 0.29) is 18.1 Å². The summed E-state index contributed by atoms with van der Waals surface area (Å²) in [5.74, 6) is 0.328. The van der Waals surface area contributed by atoms with E-state index < -0.39 is 5.91 Å². The van der Waals surface area contributed by atoms with Crippen LogP contribution in [0.2, 0.25) is 0 Å². The number of pyridine rings is 1. The molecule has 0 aliphatic carbocycles. The fourth-order valence-electron chi connectivity index (χ4n) is 2.82. The van der Waals surface area contributed by atoms with E-state index in [1.54, 1.807) is 24.4 Å². The van der Waals surface area contributed by atoms with E-state index >= 15 is 0 Å². The molecule has 0 radical (unpaired) electrons. The summed E-state index contributed by atoms with van der Waals surface area (Å²) in [4.78, 5) is 27.3. The SMILES string of the molecule is CC(C)Oc1cc2c(OCC3CCC(=O)N3)nccc2cc1C(N)=O. The maximum atomic E-state index is 11.7. The number of fused-ring (bicyclic) bond motifs is 1. The van der Waals surface area contributed by atoms with Crippen LogP contribution in [0.25, 0.3) is 10.8 Å². The summed E-state index contributed by atoms with van der Waals surface area (Å²) in [6.07, 6.45) is 2.77. The van der Waals surface area contributed by atoms with Crippen molar-refractivity contribution in [2.24, 2.45) is 5.73 Å². The smallest absolute Gasteiger partial charge is 0.252 e. The van der Waals surface area contributed by atoms with E-state index in [9.17, 15) is 9.59 Å². The van der Waals surface area contributed by atoms with Gasteiger partial charge in [-0.3, -0.25) is 9.59 Å². The number of nitrogens with one attached hydrogen (secondary N) is 1. The van der Waals surface area contributed by atoms with E-state index in [4.69, 9.17) is 15.2 Å². The fourth-order valence-corrected chi connectivity index (χ4v) is 2.82. The summed E-state index contributed by atoms with van der Waals surface area (Å²) in [7, 11) is 0. The zero-order valence-corrected chi connectivity index (χ0v) is 14.2. The van der Waals surface area contributed by atoms with Crippen LogP contribution in [0.5, 0.6) is 11.6 Å². The van der Waals surface area contributed by atoms with Crippen molar-refractivity contribution < 1.29 is 19.1 Å². The number of hydrogen-bond acceptors (Lipinski definition) is 5. The van der Waals surface area contributed by atoms with Gasteiger partial charge in [0.05, 0.1) is 17.7 Å². The molecule has 0 spiro atoms. The highest BCUT2D eigenvalue weighted by Gasteiger charge is 2.22. The molecule has 1 aliphatic heterocycles. The molecule has 1 fully saturated rings. The zero-order chi connectivity index (χ0) is 18.0. The van der Waals surface area contributed by atoms with Gasteiger partial charge in [0.15, 0.2) is 0 Å². The number of primary amides is 1. The molecule has 1 aromatic heterocycles. The Morgan fingerprint density at radius 2 is 2.24 bits per heavy atom. The average molecular weight is 343 g/mol. The molecule has 2 amide bonds. The molecule has 1 aromatic carbocycles. The van der Waals surface area contributed by atoms with Crippen molar-refractivity contribution in [2.45, 2.75) is 38.8 Å². The first-order valence-electron chi connectivity index (χ1n) is 8.25. The Labute approximate surface area is 145 Å². The quantitative estimate of drug-likeness (QED) is 0.832. The summed E-state index contributed by atoms with van der Waals surface area (Å²) in [6, 6.07) is 5.18. The van der Waals surface area contributed by atoms with Crippen molar-refractivity contribution in [3.8, 4) is 11.6 Å². The first kappa shape index (κ1) is 17.0. The van der Waals surface area contributed by atoms with E-state index in [0.717, 1.165) is 17.2 Å². The van der Waals surface area contributed by atoms with Gasteiger partial charge in [-0.2, -0.15) is 0 Å². The van der Waals surface area contributed by atoms with Gasteiger partial charge in [0.25, 0.3) is 5.91 Å². The summed E-state index contributed by atoms with van der Waals surface area (Å²) in [5.41, 5.74) is 5.79. The van der Waals surface area contributed by atoms with Crippen LogP contribution in [0.4, 0.5) is 0 Å². The average Bonchev–Trinajstić information content (AvgIpc) is 2.97. The van der Waals surface area contributed by atoms with Crippen molar-refractivity contribution in [3.05, 3.63) is 30.0 Å². The van der Waals surface area contributed by atoms with Crippen molar-refractivity contribution in [1.82, 2.24) is 10.3 Å². The molecule has 132 valence electrons. The molecule has 1 saturated heterocycles. The predicted molar refractivity (Wildman–Crippen MR) is 92.7 cm³/mol. The van der Waals surface area contributed by atoms with Crippen LogP contribution in [0, 0.1) is 0 Å². The maximum Gasteiger partial charge on any atom is 0.252 e. The minimum absolute atomic E-state index is 0.0131. The lowest BCUT2D eigenvalue weighted by Crippen LogP contribution is -2.31. The maximum absolute atomic E-state index is 11.7. The second-order valence-corrected chi connectivity index (χ2v) is 6.33. The number of benzene rings is 1. The Morgan fingerprint density at radius 1 is 1.44 bits per heavy atom. The Hall–Kier alpha value is -2.83. The molecule has 7 nitrogen and oxygen atoms in total. The molecule has 1 atom stereocenters. The highest BCUT2D eigenvalue weighted by Crippen LogP contribution is 2.31. The van der Waals surface area contributed by atoms with Gasteiger partial charge >= 0.3 is 0 Å². The minimum atomic E-state index is -0.550. The lowest BCUT2D eigenvalue weighted by Gasteiger charge is -2.16. The monoisotopic (exact) mass is 343 g/mol. The molecule has 0 bridgehead atoms. The van der Waals surface area contributed by atoms with Gasteiger partial charge in [-0.05, 0) is 43.9 Å². The van der Waals surface area contributed by atoms with Crippen molar-refractivity contribution in [1.29, 1.82) is 0 Å². The van der Waals surface area contributed by atoms with Gasteiger partial charge in [-0.1, -0.05) is 0 Å². The summed E-state index contributed by atoms with van der Waals surface area (Å²) < 4.78 is 11.5. The summed E-state index contributed by atoms with van der Waals surface area (Å²) in [6.45, 7) is 4.09. The number of carbonyl (C=O) groups is 2. The van der Waals surface area contributed by atoms with Gasteiger partial charge in [0.2, 0.25) is 11.8 Å². The number of nitrogens with two attached hydrogens (primary N) is 1. The topological polar surface area (TPSA) is 104 Å². The number of carbonyl (C=O) groups excluding carboxylic acids is 2. The number of rotatable bonds is 6. The molecule has 0 saturated carbocycles. The molecule has 25 heavy (non-hydrogen) atoms. The highest BCUT2D eigenvalue weighted by molar-refractivity contribution is 6.01. The largest absolute Gasteiger partial charge is 0.490 e. The standard InChI is InChI=1S/C18H21N3O4/c1-10(2)25-15-8-13-11(7-14(15)17(19)23)5-6-20-18(13)24-9-12-3-4-16(22)21-12/h5-8,10,12H,3-4,9H2,1-2H3,(H2,19,23)(H,21,22). The predicted octanol–water partition coefficient (Wildman–Crippen LogP) is 1.78. The van der Waals surface area contributed by atoms with Crippen LogP contribution in [-0.2, 0) is 4.79 Å². The van der Waals surface area contributed by atoms with Crippen LogP contribution in [0.1, 0.15) is 37.0 Å².